The second kappa shape index (κ2) is 23.3. The number of nitrogens with one attached hydrogen (secondary N) is 2. The molecule has 0 bridgehead atoms. The fraction of sp³-hybridized carbons (Fsp3) is 0.545. The molecule has 329 valence electrons. The van der Waals surface area contributed by atoms with E-state index in [0.29, 0.717) is 30.7 Å². The van der Waals surface area contributed by atoms with Gasteiger partial charge in [-0.15, -0.1) is 0 Å². The lowest BCUT2D eigenvalue weighted by molar-refractivity contribution is -0.147. The van der Waals surface area contributed by atoms with Crippen molar-refractivity contribution in [1.82, 2.24) is 20.1 Å². The standard InChI is InChI=1S/C44H64F2N5O6SSi2/c1-43(2,3)40(37-25-32(34-26-33(45)15-16-35(34)46)29-50(37)28-31-13-10-9-11-14-31)51(20-12-19-48-42(55)57-21-18-44(4,5)59)39(53)30-58-23-17-38(52)49-36(27-47)41(54)56-22-24-60(6,7)8/h9-11,13-16,25-26,29,36,40H,12,17-24,27-28,30,47H2,1-8H3,(H,48,55)(H,49,52). The van der Waals surface area contributed by atoms with Gasteiger partial charge in [0.15, 0.2) is 0 Å². The predicted molar refractivity (Wildman–Crippen MR) is 240 cm³/mol. The number of thioether (sulfide) groups is 1. The molecule has 16 heteroatoms. The first-order chi connectivity index (χ1) is 28.1. The molecule has 4 N–H and O–H groups in total. The van der Waals surface area contributed by atoms with Gasteiger partial charge in [0.05, 0.1) is 25.0 Å². The number of hydrogen-bond acceptors (Lipinski definition) is 8. The number of alkyl carbamates (subject to hydrolysis) is 1. The Morgan fingerprint density at radius 1 is 0.983 bits per heavy atom. The van der Waals surface area contributed by atoms with Crippen LogP contribution in [0.15, 0.2) is 60.8 Å². The second-order valence-corrected chi connectivity index (χ2v) is 26.0. The van der Waals surface area contributed by atoms with Gasteiger partial charge < -0.3 is 35.3 Å². The summed E-state index contributed by atoms with van der Waals surface area (Å²) in [6, 6.07) is 14.2. The zero-order valence-corrected chi connectivity index (χ0v) is 39.3. The number of nitrogens with zero attached hydrogens (tertiary/aromatic N) is 2. The Labute approximate surface area is 363 Å². The molecule has 0 saturated carbocycles. The predicted octanol–water partition coefficient (Wildman–Crippen LogP) is 7.72. The molecule has 3 aromatic rings. The summed E-state index contributed by atoms with van der Waals surface area (Å²) in [7, 11) is 2.18. The summed E-state index contributed by atoms with van der Waals surface area (Å²) in [6.07, 6.45) is 2.29. The Kier molecular flexibility index (Phi) is 19.5. The van der Waals surface area contributed by atoms with Crippen LogP contribution in [0.2, 0.25) is 30.7 Å². The van der Waals surface area contributed by atoms with E-state index in [4.69, 9.17) is 15.2 Å². The molecule has 1 aromatic heterocycles. The molecule has 1 heterocycles. The van der Waals surface area contributed by atoms with E-state index in [-0.39, 0.29) is 67.4 Å². The van der Waals surface area contributed by atoms with Crippen LogP contribution in [-0.4, -0.2) is 102 Å². The molecule has 0 aliphatic rings. The Hall–Kier alpha value is -4.00. The van der Waals surface area contributed by atoms with Gasteiger partial charge in [0, 0.05) is 79.7 Å². The molecule has 0 fully saturated rings. The highest BCUT2D eigenvalue weighted by Gasteiger charge is 2.37. The number of carbonyl (C=O) groups is 4. The van der Waals surface area contributed by atoms with Gasteiger partial charge >= 0.3 is 12.1 Å². The summed E-state index contributed by atoms with van der Waals surface area (Å²) in [4.78, 5) is 54.2. The van der Waals surface area contributed by atoms with E-state index in [1.807, 2.05) is 75.6 Å². The van der Waals surface area contributed by atoms with Gasteiger partial charge in [-0.2, -0.15) is 11.8 Å². The summed E-state index contributed by atoms with van der Waals surface area (Å²) in [6.45, 7) is 17.8. The minimum absolute atomic E-state index is 0.0291. The summed E-state index contributed by atoms with van der Waals surface area (Å²) in [5, 5.41) is 5.26. The Morgan fingerprint density at radius 3 is 2.32 bits per heavy atom. The summed E-state index contributed by atoms with van der Waals surface area (Å²) >= 11 is 1.28. The molecule has 2 atom stereocenters. The van der Waals surface area contributed by atoms with E-state index in [0.717, 1.165) is 29.4 Å². The van der Waals surface area contributed by atoms with Crippen LogP contribution in [0.25, 0.3) is 11.1 Å². The number of halogens is 2. The van der Waals surface area contributed by atoms with Gasteiger partial charge in [0.25, 0.3) is 0 Å². The molecular weight excluding hydrogens is 821 g/mol. The van der Waals surface area contributed by atoms with Gasteiger partial charge in [-0.25, -0.2) is 18.4 Å². The third kappa shape index (κ3) is 17.5. The monoisotopic (exact) mass is 884 g/mol. The summed E-state index contributed by atoms with van der Waals surface area (Å²) in [5.41, 5.74) is 7.48. The largest absolute Gasteiger partial charge is 0.464 e. The van der Waals surface area contributed by atoms with E-state index < -0.39 is 49.3 Å². The normalized spacial score (nSPS) is 13.0. The highest BCUT2D eigenvalue weighted by atomic mass is 32.2. The zero-order valence-electron chi connectivity index (χ0n) is 36.5. The molecule has 2 aromatic carbocycles. The van der Waals surface area contributed by atoms with E-state index in [9.17, 15) is 23.6 Å². The van der Waals surface area contributed by atoms with Crippen LogP contribution >= 0.6 is 11.8 Å². The number of aromatic nitrogens is 1. The van der Waals surface area contributed by atoms with Crippen LogP contribution in [0.5, 0.6) is 0 Å². The van der Waals surface area contributed by atoms with Crippen LogP contribution in [0.1, 0.15) is 71.2 Å². The maximum absolute atomic E-state index is 15.3. The molecule has 0 aliphatic heterocycles. The highest BCUT2D eigenvalue weighted by Crippen LogP contribution is 2.41. The van der Waals surface area contributed by atoms with Gasteiger partial charge in [-0.05, 0) is 59.2 Å². The van der Waals surface area contributed by atoms with Crippen molar-refractivity contribution >= 4 is 54.0 Å². The Morgan fingerprint density at radius 2 is 1.68 bits per heavy atom. The number of nitrogens with two attached hydrogens (primary N) is 1. The van der Waals surface area contributed by atoms with Crippen molar-refractivity contribution < 1.29 is 37.4 Å². The Bertz CT molecular complexity index is 1860. The van der Waals surface area contributed by atoms with Gasteiger partial charge in [-0.3, -0.25) is 9.59 Å². The lowest BCUT2D eigenvalue weighted by atomic mass is 9.83. The topological polar surface area (TPSA) is 145 Å². The van der Waals surface area contributed by atoms with E-state index in [2.05, 4.69) is 40.5 Å². The molecule has 0 spiro atoms. The second-order valence-electron chi connectivity index (χ2n) is 17.9. The van der Waals surface area contributed by atoms with Crippen LogP contribution in [0.4, 0.5) is 13.6 Å². The molecule has 2 unspecified atom stereocenters. The zero-order chi connectivity index (χ0) is 44.7. The first-order valence-corrected chi connectivity index (χ1v) is 25.8. The van der Waals surface area contributed by atoms with Crippen LogP contribution in [0, 0.1) is 17.0 Å². The third-order valence-electron chi connectivity index (χ3n) is 9.55. The van der Waals surface area contributed by atoms with Crippen molar-refractivity contribution in [2.24, 2.45) is 11.1 Å². The van der Waals surface area contributed by atoms with Crippen molar-refractivity contribution in [3.05, 3.63) is 83.7 Å². The lowest BCUT2D eigenvalue weighted by Crippen LogP contribution is -2.47. The maximum atomic E-state index is 15.3. The molecule has 0 aliphatic carbocycles. The molecule has 60 heavy (non-hydrogen) atoms. The minimum atomic E-state index is -1.42. The van der Waals surface area contributed by atoms with E-state index in [1.165, 1.54) is 17.8 Å². The quantitative estimate of drug-likeness (QED) is 0.0499. The van der Waals surface area contributed by atoms with Gasteiger partial charge in [-0.1, -0.05) is 84.6 Å². The van der Waals surface area contributed by atoms with Crippen LogP contribution < -0.4 is 16.4 Å². The van der Waals surface area contributed by atoms with Crippen molar-refractivity contribution in [1.29, 1.82) is 0 Å². The molecule has 3 amide bonds. The number of esters is 1. The SMILES string of the molecule is CC(C)([Si])CCOC(=O)NCCCN(C(=O)CSCCC(=O)NC(CN)C(=O)OCC[Si](C)(C)C)C(c1cc(-c2cc(F)ccc2F)cn1Cc1ccccc1)C(C)(C)C. The third-order valence-corrected chi connectivity index (χ3v) is 12.5. The molecule has 11 nitrogen and oxygen atoms in total. The van der Waals surface area contributed by atoms with Gasteiger partial charge in [0.2, 0.25) is 11.8 Å². The van der Waals surface area contributed by atoms with Crippen molar-refractivity contribution in [2.75, 3.05) is 44.4 Å². The first-order valence-electron chi connectivity index (χ1n) is 20.5. The summed E-state index contributed by atoms with van der Waals surface area (Å²) in [5.74, 6) is -1.99. The fourth-order valence-electron chi connectivity index (χ4n) is 6.35. The number of carbonyl (C=O) groups excluding carboxylic acids is 4. The van der Waals surface area contributed by atoms with Crippen molar-refractivity contribution in [2.45, 2.75) is 103 Å². The van der Waals surface area contributed by atoms with Crippen molar-refractivity contribution in [3.8, 4) is 11.1 Å². The fourth-order valence-corrected chi connectivity index (χ4v) is 7.98. The minimum Gasteiger partial charge on any atom is -0.464 e. The molecule has 0 saturated heterocycles. The van der Waals surface area contributed by atoms with Crippen LogP contribution in [-0.2, 0) is 30.4 Å². The highest BCUT2D eigenvalue weighted by molar-refractivity contribution is 7.99. The number of ether oxygens (including phenoxy) is 2. The summed E-state index contributed by atoms with van der Waals surface area (Å²) < 4.78 is 42.5. The average molecular weight is 885 g/mol. The lowest BCUT2D eigenvalue weighted by Gasteiger charge is -2.41. The maximum Gasteiger partial charge on any atom is 0.407 e. The van der Waals surface area contributed by atoms with E-state index in [1.54, 1.807) is 11.1 Å². The average Bonchev–Trinajstić information content (AvgIpc) is 3.55. The van der Waals surface area contributed by atoms with E-state index >= 15 is 4.39 Å². The number of hydrogen-bond donors (Lipinski definition) is 3. The Balaban J connectivity index is 1.86. The smallest absolute Gasteiger partial charge is 0.407 e. The van der Waals surface area contributed by atoms with Crippen molar-refractivity contribution in [3.63, 3.8) is 0 Å². The number of amides is 3. The molecule has 3 radical (unpaired) electrons. The molecule has 3 rings (SSSR count). The van der Waals surface area contributed by atoms with Crippen LogP contribution in [0.3, 0.4) is 0 Å². The number of rotatable bonds is 23. The number of benzene rings is 2. The molecular formula is C44H64F2N5O6SSi2. The van der Waals surface area contributed by atoms with Gasteiger partial charge in [0.1, 0.15) is 17.7 Å². The first kappa shape index (κ1) is 50.4.